The summed E-state index contributed by atoms with van der Waals surface area (Å²) in [6.45, 7) is 1.57. The first-order valence-electron chi connectivity index (χ1n) is 7.48. The van der Waals surface area contributed by atoms with E-state index in [0.717, 1.165) is 19.5 Å². The van der Waals surface area contributed by atoms with Gasteiger partial charge in [-0.25, -0.2) is 0 Å². The Bertz CT molecular complexity index is 553. The van der Waals surface area contributed by atoms with Crippen molar-refractivity contribution < 1.29 is 9.53 Å². The molecule has 1 aliphatic carbocycles. The quantitative estimate of drug-likeness (QED) is 0.897. The summed E-state index contributed by atoms with van der Waals surface area (Å²) in [7, 11) is 1.56. The lowest BCUT2D eigenvalue weighted by Gasteiger charge is -2.29. The summed E-state index contributed by atoms with van der Waals surface area (Å²) in [6.07, 6.45) is 3.43. The summed E-state index contributed by atoms with van der Waals surface area (Å²) in [5.74, 6) is 1.55. The molecule has 122 valence electrons. The molecule has 2 fully saturated rings. The number of hydrogen-bond donors (Lipinski definition) is 1. The molecule has 1 heterocycles. The van der Waals surface area contributed by atoms with Gasteiger partial charge in [0.1, 0.15) is 5.75 Å². The highest BCUT2D eigenvalue weighted by Crippen LogP contribution is 2.36. The van der Waals surface area contributed by atoms with Crippen molar-refractivity contribution in [1.29, 1.82) is 0 Å². The Kier molecular flexibility index (Phi) is 5.59. The molecule has 1 aliphatic heterocycles. The molecule has 3 rings (SSSR count). The summed E-state index contributed by atoms with van der Waals surface area (Å²) < 4.78 is 5.29. The van der Waals surface area contributed by atoms with Crippen LogP contribution in [0.2, 0.25) is 5.02 Å². The lowest BCUT2D eigenvalue weighted by molar-refractivity contribution is 0.0780. The van der Waals surface area contributed by atoms with Crippen LogP contribution in [0.25, 0.3) is 0 Å². The van der Waals surface area contributed by atoms with Gasteiger partial charge < -0.3 is 15.4 Å². The average Bonchev–Trinajstić information content (AvgIpc) is 2.92. The SMILES string of the molecule is COc1cc(Cl)ccc1C(=O)N1CC2CCCC(N)C2C1.Cl. The van der Waals surface area contributed by atoms with Crippen molar-refractivity contribution in [2.45, 2.75) is 25.3 Å². The van der Waals surface area contributed by atoms with Gasteiger partial charge in [-0.1, -0.05) is 18.0 Å². The Hall–Kier alpha value is -0.970. The average molecular weight is 345 g/mol. The van der Waals surface area contributed by atoms with Crippen molar-refractivity contribution in [2.24, 2.45) is 17.6 Å². The summed E-state index contributed by atoms with van der Waals surface area (Å²) in [4.78, 5) is 14.7. The maximum Gasteiger partial charge on any atom is 0.257 e. The van der Waals surface area contributed by atoms with Gasteiger partial charge in [0.25, 0.3) is 5.91 Å². The number of carbonyl (C=O) groups excluding carboxylic acids is 1. The molecule has 1 saturated carbocycles. The molecule has 4 nitrogen and oxygen atoms in total. The van der Waals surface area contributed by atoms with Crippen LogP contribution >= 0.6 is 24.0 Å². The largest absolute Gasteiger partial charge is 0.496 e. The molecule has 0 spiro atoms. The minimum absolute atomic E-state index is 0. The minimum atomic E-state index is 0. The fourth-order valence-electron chi connectivity index (χ4n) is 3.69. The van der Waals surface area contributed by atoms with Crippen LogP contribution in [0.4, 0.5) is 0 Å². The summed E-state index contributed by atoms with van der Waals surface area (Å²) in [5, 5.41) is 0.570. The van der Waals surface area contributed by atoms with Crippen molar-refractivity contribution in [3.8, 4) is 5.75 Å². The van der Waals surface area contributed by atoms with Crippen LogP contribution in [0.1, 0.15) is 29.6 Å². The zero-order chi connectivity index (χ0) is 15.0. The highest BCUT2D eigenvalue weighted by atomic mass is 35.5. The third-order valence-electron chi connectivity index (χ3n) is 4.84. The predicted octanol–water partition coefficient (Wildman–Crippen LogP) is 2.97. The molecule has 0 bridgehead atoms. The zero-order valence-corrected chi connectivity index (χ0v) is 14.2. The topological polar surface area (TPSA) is 55.6 Å². The molecule has 0 aromatic heterocycles. The van der Waals surface area contributed by atoms with Crippen molar-refractivity contribution in [3.05, 3.63) is 28.8 Å². The lowest BCUT2D eigenvalue weighted by Crippen LogP contribution is -2.38. The Labute approximate surface area is 142 Å². The van der Waals surface area contributed by atoms with Crippen LogP contribution in [0, 0.1) is 11.8 Å². The summed E-state index contributed by atoms with van der Waals surface area (Å²) in [5.41, 5.74) is 6.79. The number of hydrogen-bond acceptors (Lipinski definition) is 3. The van der Waals surface area contributed by atoms with Crippen molar-refractivity contribution in [3.63, 3.8) is 0 Å². The minimum Gasteiger partial charge on any atom is -0.496 e. The second kappa shape index (κ2) is 7.07. The van der Waals surface area contributed by atoms with E-state index in [2.05, 4.69) is 0 Å². The number of rotatable bonds is 2. The van der Waals surface area contributed by atoms with E-state index in [1.54, 1.807) is 25.3 Å². The lowest BCUT2D eigenvalue weighted by atomic mass is 9.78. The fraction of sp³-hybridized carbons (Fsp3) is 0.562. The monoisotopic (exact) mass is 344 g/mol. The van der Waals surface area contributed by atoms with Crippen LogP contribution in [0.3, 0.4) is 0 Å². The highest BCUT2D eigenvalue weighted by Gasteiger charge is 2.40. The predicted molar refractivity (Wildman–Crippen MR) is 90.0 cm³/mol. The summed E-state index contributed by atoms with van der Waals surface area (Å²) >= 11 is 5.96. The maximum atomic E-state index is 12.8. The number of nitrogens with zero attached hydrogens (tertiary/aromatic N) is 1. The number of nitrogens with two attached hydrogens (primary N) is 1. The van der Waals surface area contributed by atoms with E-state index in [1.807, 2.05) is 4.90 Å². The number of methoxy groups -OCH3 is 1. The Morgan fingerprint density at radius 2 is 2.14 bits per heavy atom. The van der Waals surface area contributed by atoms with Gasteiger partial charge >= 0.3 is 0 Å². The standard InChI is InChI=1S/C16H21ClN2O2.ClH/c1-21-15-7-11(17)5-6-12(15)16(20)19-8-10-3-2-4-14(18)13(10)9-19;/h5-7,10,13-14H,2-4,8-9,18H2,1H3;1H. The number of fused-ring (bicyclic) bond motifs is 1. The van der Waals surface area contributed by atoms with Gasteiger partial charge in [0, 0.05) is 24.2 Å². The number of benzene rings is 1. The zero-order valence-electron chi connectivity index (χ0n) is 12.6. The van der Waals surface area contributed by atoms with E-state index >= 15 is 0 Å². The fourth-order valence-corrected chi connectivity index (χ4v) is 3.86. The highest BCUT2D eigenvalue weighted by molar-refractivity contribution is 6.30. The third-order valence-corrected chi connectivity index (χ3v) is 5.07. The number of ether oxygens (including phenoxy) is 1. The van der Waals surface area contributed by atoms with Gasteiger partial charge in [0.15, 0.2) is 0 Å². The van der Waals surface area contributed by atoms with E-state index in [4.69, 9.17) is 22.1 Å². The van der Waals surface area contributed by atoms with E-state index in [1.165, 1.54) is 12.8 Å². The number of carbonyl (C=O) groups is 1. The van der Waals surface area contributed by atoms with Crippen LogP contribution in [-0.4, -0.2) is 37.0 Å². The molecule has 0 radical (unpaired) electrons. The second-order valence-corrected chi connectivity index (χ2v) is 6.51. The Morgan fingerprint density at radius 3 is 2.82 bits per heavy atom. The molecular weight excluding hydrogens is 323 g/mol. The Balaban J connectivity index is 0.00000176. The van der Waals surface area contributed by atoms with Crippen molar-refractivity contribution >= 4 is 29.9 Å². The molecular formula is C16H22Cl2N2O2. The molecule has 2 N–H and O–H groups in total. The molecule has 1 aromatic carbocycles. The molecule has 1 aromatic rings. The van der Waals surface area contributed by atoms with E-state index in [-0.39, 0.29) is 24.4 Å². The summed E-state index contributed by atoms with van der Waals surface area (Å²) in [6, 6.07) is 5.38. The first kappa shape index (κ1) is 17.4. The van der Waals surface area contributed by atoms with Crippen molar-refractivity contribution in [1.82, 2.24) is 4.90 Å². The van der Waals surface area contributed by atoms with E-state index in [9.17, 15) is 4.79 Å². The van der Waals surface area contributed by atoms with Gasteiger partial charge in [0.2, 0.25) is 0 Å². The number of halogens is 2. The number of likely N-dealkylation sites (tertiary alicyclic amines) is 1. The Morgan fingerprint density at radius 1 is 1.36 bits per heavy atom. The smallest absolute Gasteiger partial charge is 0.257 e. The van der Waals surface area contributed by atoms with Crippen LogP contribution < -0.4 is 10.5 Å². The molecule has 1 amide bonds. The van der Waals surface area contributed by atoms with Crippen LogP contribution in [0.15, 0.2) is 18.2 Å². The molecule has 3 atom stereocenters. The second-order valence-electron chi connectivity index (χ2n) is 6.07. The molecule has 2 aliphatic rings. The third kappa shape index (κ3) is 3.19. The number of amides is 1. The van der Waals surface area contributed by atoms with Gasteiger partial charge in [-0.2, -0.15) is 0 Å². The molecule has 1 saturated heterocycles. The molecule has 3 unspecified atom stereocenters. The van der Waals surface area contributed by atoms with Gasteiger partial charge in [0.05, 0.1) is 12.7 Å². The first-order valence-corrected chi connectivity index (χ1v) is 7.86. The first-order chi connectivity index (χ1) is 10.1. The van der Waals surface area contributed by atoms with Crippen LogP contribution in [-0.2, 0) is 0 Å². The normalized spacial score (nSPS) is 27.0. The maximum absolute atomic E-state index is 12.8. The van der Waals surface area contributed by atoms with Gasteiger partial charge in [-0.3, -0.25) is 4.79 Å². The van der Waals surface area contributed by atoms with Crippen LogP contribution in [0.5, 0.6) is 5.75 Å². The van der Waals surface area contributed by atoms with Gasteiger partial charge in [-0.15, -0.1) is 12.4 Å². The molecule has 6 heteroatoms. The molecule has 22 heavy (non-hydrogen) atoms. The van der Waals surface area contributed by atoms with Crippen molar-refractivity contribution in [2.75, 3.05) is 20.2 Å². The van der Waals surface area contributed by atoms with E-state index in [0.29, 0.717) is 28.2 Å². The van der Waals surface area contributed by atoms with E-state index < -0.39 is 0 Å². The van der Waals surface area contributed by atoms with Gasteiger partial charge in [-0.05, 0) is 42.9 Å².